The number of aromatic amines is 1. The smallest absolute Gasteiger partial charge is 0.182 e. The monoisotopic (exact) mass is 232 g/mol. The summed E-state index contributed by atoms with van der Waals surface area (Å²) in [5.74, 6) is 0. The molecule has 0 spiro atoms. The van der Waals surface area contributed by atoms with Crippen LogP contribution in [0.1, 0.15) is 22.4 Å². The van der Waals surface area contributed by atoms with Gasteiger partial charge in [0, 0.05) is 11.9 Å². The molecule has 0 saturated carbocycles. The first-order valence-electron chi connectivity index (χ1n) is 5.35. The van der Waals surface area contributed by atoms with Crippen molar-refractivity contribution in [2.24, 2.45) is 0 Å². The molecule has 84 valence electrons. The van der Waals surface area contributed by atoms with Gasteiger partial charge in [0.05, 0.1) is 5.69 Å². The number of aromatic nitrogens is 2. The van der Waals surface area contributed by atoms with Gasteiger partial charge in [-0.1, -0.05) is 17.7 Å². The standard InChI is InChI=1S/C13H16N2S/c1-8-5-9(2)12(10(3)6-8)15-7-11(4)14-13(15)16/h5-7H,1-4H3,(H,14,16). The van der Waals surface area contributed by atoms with Gasteiger partial charge in [0.25, 0.3) is 0 Å². The number of aryl methyl sites for hydroxylation is 4. The van der Waals surface area contributed by atoms with Crippen molar-refractivity contribution >= 4 is 12.2 Å². The van der Waals surface area contributed by atoms with Gasteiger partial charge in [-0.05, 0) is 51.0 Å². The quantitative estimate of drug-likeness (QED) is 0.742. The van der Waals surface area contributed by atoms with Gasteiger partial charge in [-0.25, -0.2) is 0 Å². The number of hydrogen-bond acceptors (Lipinski definition) is 1. The van der Waals surface area contributed by atoms with Crippen LogP contribution in [-0.4, -0.2) is 9.55 Å². The van der Waals surface area contributed by atoms with Gasteiger partial charge in [-0.15, -0.1) is 0 Å². The van der Waals surface area contributed by atoms with Crippen LogP contribution in [-0.2, 0) is 0 Å². The largest absolute Gasteiger partial charge is 0.335 e. The van der Waals surface area contributed by atoms with E-state index in [0.717, 1.165) is 10.5 Å². The minimum atomic E-state index is 0.757. The van der Waals surface area contributed by atoms with E-state index in [1.165, 1.54) is 22.4 Å². The molecule has 3 heteroatoms. The van der Waals surface area contributed by atoms with Crippen LogP contribution in [0.15, 0.2) is 18.3 Å². The third kappa shape index (κ3) is 1.83. The summed E-state index contributed by atoms with van der Waals surface area (Å²) >= 11 is 5.31. The van der Waals surface area contributed by atoms with Gasteiger partial charge in [-0.3, -0.25) is 4.57 Å². The molecule has 2 nitrogen and oxygen atoms in total. The number of nitrogens with zero attached hydrogens (tertiary/aromatic N) is 1. The van der Waals surface area contributed by atoms with Crippen molar-refractivity contribution in [2.75, 3.05) is 0 Å². The molecule has 1 aromatic heterocycles. The second-order valence-corrected chi connectivity index (χ2v) is 4.75. The molecule has 0 amide bonds. The lowest BCUT2D eigenvalue weighted by atomic mass is 10.1. The van der Waals surface area contributed by atoms with Crippen molar-refractivity contribution in [3.8, 4) is 5.69 Å². The third-order valence-corrected chi connectivity index (χ3v) is 3.02. The Morgan fingerprint density at radius 3 is 2.06 bits per heavy atom. The SMILES string of the molecule is Cc1cc(C)c(-n2cc(C)[nH]c2=S)c(C)c1. The number of nitrogens with one attached hydrogen (secondary N) is 1. The molecular formula is C13H16N2S. The van der Waals surface area contributed by atoms with E-state index in [1.807, 2.05) is 13.1 Å². The molecular weight excluding hydrogens is 216 g/mol. The zero-order valence-corrected chi connectivity index (χ0v) is 10.9. The Morgan fingerprint density at radius 2 is 1.62 bits per heavy atom. The van der Waals surface area contributed by atoms with E-state index >= 15 is 0 Å². The topological polar surface area (TPSA) is 20.7 Å². The summed E-state index contributed by atoms with van der Waals surface area (Å²) in [5.41, 5.74) is 6.09. The first-order valence-corrected chi connectivity index (χ1v) is 5.76. The molecule has 0 bridgehead atoms. The van der Waals surface area contributed by atoms with Crippen molar-refractivity contribution in [2.45, 2.75) is 27.7 Å². The highest BCUT2D eigenvalue weighted by Gasteiger charge is 2.07. The third-order valence-electron chi connectivity index (χ3n) is 2.72. The summed E-state index contributed by atoms with van der Waals surface area (Å²) in [6.45, 7) is 8.38. The minimum absolute atomic E-state index is 0.757. The van der Waals surface area contributed by atoms with Crippen LogP contribution >= 0.6 is 12.2 Å². The molecule has 1 heterocycles. The molecule has 0 aliphatic carbocycles. The van der Waals surface area contributed by atoms with Crippen LogP contribution in [0.2, 0.25) is 0 Å². The van der Waals surface area contributed by atoms with Gasteiger partial charge < -0.3 is 4.98 Å². The molecule has 0 saturated heterocycles. The van der Waals surface area contributed by atoms with Crippen LogP contribution < -0.4 is 0 Å². The molecule has 0 fully saturated rings. The predicted octanol–water partition coefficient (Wildman–Crippen LogP) is 3.77. The van der Waals surface area contributed by atoms with E-state index in [-0.39, 0.29) is 0 Å². The van der Waals surface area contributed by atoms with Crippen LogP contribution in [0.5, 0.6) is 0 Å². The van der Waals surface area contributed by atoms with Crippen molar-refractivity contribution in [1.29, 1.82) is 0 Å². The lowest BCUT2D eigenvalue weighted by Crippen LogP contribution is -1.99. The Morgan fingerprint density at radius 1 is 1.06 bits per heavy atom. The van der Waals surface area contributed by atoms with Crippen molar-refractivity contribution in [1.82, 2.24) is 9.55 Å². The van der Waals surface area contributed by atoms with Crippen LogP contribution in [0.3, 0.4) is 0 Å². The highest BCUT2D eigenvalue weighted by atomic mass is 32.1. The summed E-state index contributed by atoms with van der Waals surface area (Å²) in [7, 11) is 0. The summed E-state index contributed by atoms with van der Waals surface area (Å²) < 4.78 is 2.81. The summed E-state index contributed by atoms with van der Waals surface area (Å²) in [4.78, 5) is 3.15. The molecule has 1 N–H and O–H groups in total. The van der Waals surface area contributed by atoms with Crippen molar-refractivity contribution in [3.63, 3.8) is 0 Å². The van der Waals surface area contributed by atoms with Crippen LogP contribution in [0.25, 0.3) is 5.69 Å². The summed E-state index contributed by atoms with van der Waals surface area (Å²) in [5, 5.41) is 0. The van der Waals surface area contributed by atoms with Crippen molar-refractivity contribution in [3.05, 3.63) is 45.5 Å². The van der Waals surface area contributed by atoms with Gasteiger partial charge >= 0.3 is 0 Å². The van der Waals surface area contributed by atoms with Crippen LogP contribution in [0.4, 0.5) is 0 Å². The molecule has 0 aliphatic rings. The molecule has 16 heavy (non-hydrogen) atoms. The normalized spacial score (nSPS) is 10.8. The Kier molecular flexibility index (Phi) is 2.72. The van der Waals surface area contributed by atoms with Crippen molar-refractivity contribution < 1.29 is 0 Å². The van der Waals surface area contributed by atoms with E-state index in [4.69, 9.17) is 12.2 Å². The number of benzene rings is 1. The maximum atomic E-state index is 5.31. The first kappa shape index (κ1) is 11.1. The maximum absolute atomic E-state index is 5.31. The van der Waals surface area contributed by atoms with E-state index in [0.29, 0.717) is 0 Å². The van der Waals surface area contributed by atoms with E-state index < -0.39 is 0 Å². The summed E-state index contributed by atoms with van der Waals surface area (Å²) in [6, 6.07) is 4.37. The zero-order chi connectivity index (χ0) is 11.9. The Balaban J connectivity index is 2.74. The lowest BCUT2D eigenvalue weighted by molar-refractivity contribution is 0.999. The lowest BCUT2D eigenvalue weighted by Gasteiger charge is -2.11. The summed E-state index contributed by atoms with van der Waals surface area (Å²) in [6.07, 6.45) is 2.05. The molecule has 0 aliphatic heterocycles. The maximum Gasteiger partial charge on any atom is 0.182 e. The Hall–Kier alpha value is -1.35. The second-order valence-electron chi connectivity index (χ2n) is 4.36. The molecule has 2 rings (SSSR count). The highest BCUT2D eigenvalue weighted by Crippen LogP contribution is 2.21. The van der Waals surface area contributed by atoms with E-state index in [1.54, 1.807) is 0 Å². The van der Waals surface area contributed by atoms with Gasteiger partial charge in [0.2, 0.25) is 0 Å². The van der Waals surface area contributed by atoms with Gasteiger partial charge in [0.15, 0.2) is 4.77 Å². The zero-order valence-electron chi connectivity index (χ0n) is 10.1. The van der Waals surface area contributed by atoms with E-state index in [9.17, 15) is 0 Å². The second kappa shape index (κ2) is 3.91. The Bertz CT molecular complexity index is 567. The number of imidazole rings is 1. The molecule has 1 aromatic carbocycles. The van der Waals surface area contributed by atoms with E-state index in [2.05, 4.69) is 42.5 Å². The number of H-pyrrole nitrogens is 1. The fourth-order valence-electron chi connectivity index (χ4n) is 2.23. The van der Waals surface area contributed by atoms with Gasteiger partial charge in [-0.2, -0.15) is 0 Å². The number of hydrogen-bond donors (Lipinski definition) is 1. The molecule has 0 radical (unpaired) electrons. The Labute approximate surface area is 101 Å². The molecule has 2 aromatic rings. The van der Waals surface area contributed by atoms with Gasteiger partial charge in [0.1, 0.15) is 0 Å². The number of rotatable bonds is 1. The highest BCUT2D eigenvalue weighted by molar-refractivity contribution is 7.71. The minimum Gasteiger partial charge on any atom is -0.335 e. The fourth-order valence-corrected chi connectivity index (χ4v) is 2.54. The first-order chi connectivity index (χ1) is 7.49. The fraction of sp³-hybridized carbons (Fsp3) is 0.308. The van der Waals surface area contributed by atoms with Crippen LogP contribution in [0, 0.1) is 32.5 Å². The molecule has 0 atom stereocenters. The molecule has 0 unspecified atom stereocenters. The average Bonchev–Trinajstić information content (AvgIpc) is 2.43. The average molecular weight is 232 g/mol. The predicted molar refractivity (Wildman–Crippen MR) is 69.9 cm³/mol.